The number of carbonyl (C=O) groups is 2. The van der Waals surface area contributed by atoms with Crippen molar-refractivity contribution in [2.24, 2.45) is 5.10 Å². The van der Waals surface area contributed by atoms with E-state index < -0.39 is 18.3 Å². The summed E-state index contributed by atoms with van der Waals surface area (Å²) in [6.45, 7) is 1.74. The maximum absolute atomic E-state index is 10.9. The summed E-state index contributed by atoms with van der Waals surface area (Å²) in [5, 5.41) is 14.0. The molecule has 1 aromatic heterocycles. The van der Waals surface area contributed by atoms with Gasteiger partial charge in [-0.2, -0.15) is 5.10 Å². The highest BCUT2D eigenvalue weighted by atomic mass is 32.1. The Balaban J connectivity index is 2.51. The fourth-order valence-corrected chi connectivity index (χ4v) is 1.54. The molecule has 1 rings (SSSR count). The Morgan fingerprint density at radius 1 is 1.60 bits per heavy atom. The Kier molecular flexibility index (Phi) is 3.99. The van der Waals surface area contributed by atoms with Crippen molar-refractivity contribution in [3.8, 4) is 0 Å². The summed E-state index contributed by atoms with van der Waals surface area (Å²) in [4.78, 5) is 22.0. The highest BCUT2D eigenvalue weighted by molar-refractivity contribution is 7.12. The summed E-state index contributed by atoms with van der Waals surface area (Å²) in [5.41, 5.74) is 2.83. The molecule has 1 heterocycles. The van der Waals surface area contributed by atoms with Crippen LogP contribution >= 0.6 is 11.3 Å². The molecule has 0 radical (unpaired) electrons. The predicted molar refractivity (Wildman–Crippen MR) is 56.9 cm³/mol. The second-order valence-corrected chi connectivity index (χ2v) is 3.73. The van der Waals surface area contributed by atoms with Gasteiger partial charge in [-0.05, 0) is 18.4 Å². The Labute approximate surface area is 90.4 Å². The minimum atomic E-state index is -1.17. The van der Waals surface area contributed by atoms with Gasteiger partial charge in [0.05, 0.1) is 5.71 Å². The zero-order chi connectivity index (χ0) is 11.3. The van der Waals surface area contributed by atoms with E-state index >= 15 is 0 Å². The number of hydrogen-bond donors (Lipinski definition) is 2. The number of carboxylic acids is 1. The molecule has 2 N–H and O–H groups in total. The molecule has 80 valence electrons. The van der Waals surface area contributed by atoms with Crippen LogP contribution < -0.4 is 5.43 Å². The quantitative estimate of drug-likeness (QED) is 0.458. The number of rotatable bonds is 4. The van der Waals surface area contributed by atoms with Crippen molar-refractivity contribution in [1.29, 1.82) is 0 Å². The summed E-state index contributed by atoms with van der Waals surface area (Å²) >= 11 is 1.50. The van der Waals surface area contributed by atoms with Crippen LogP contribution in [0.4, 0.5) is 0 Å². The lowest BCUT2D eigenvalue weighted by Crippen LogP contribution is -2.21. The summed E-state index contributed by atoms with van der Waals surface area (Å²) < 4.78 is 0. The number of carboxylic acid groups (broad SMARTS) is 1. The molecule has 0 unspecified atom stereocenters. The van der Waals surface area contributed by atoms with E-state index in [0.717, 1.165) is 4.88 Å². The summed E-state index contributed by atoms with van der Waals surface area (Å²) in [5.74, 6) is -1.80. The fraction of sp³-hybridized carbons (Fsp3) is 0.222. The molecular weight excluding hydrogens is 216 g/mol. The van der Waals surface area contributed by atoms with Crippen molar-refractivity contribution in [1.82, 2.24) is 5.43 Å². The number of amides is 1. The number of carbonyl (C=O) groups excluding carboxylic acids is 1. The molecule has 0 aromatic carbocycles. The van der Waals surface area contributed by atoms with Crippen LogP contribution in [0.15, 0.2) is 22.6 Å². The number of nitrogens with one attached hydrogen (secondary N) is 1. The number of thiophene rings is 1. The zero-order valence-electron chi connectivity index (χ0n) is 8.06. The molecule has 0 saturated heterocycles. The van der Waals surface area contributed by atoms with Gasteiger partial charge in [-0.1, -0.05) is 6.07 Å². The van der Waals surface area contributed by atoms with E-state index in [4.69, 9.17) is 5.11 Å². The first-order chi connectivity index (χ1) is 7.09. The van der Waals surface area contributed by atoms with Crippen molar-refractivity contribution in [2.75, 3.05) is 0 Å². The van der Waals surface area contributed by atoms with E-state index in [1.54, 1.807) is 6.92 Å². The fourth-order valence-electron chi connectivity index (χ4n) is 0.863. The normalized spacial score (nSPS) is 11.1. The van der Waals surface area contributed by atoms with Gasteiger partial charge in [0.25, 0.3) is 5.91 Å². The number of nitrogens with zero attached hydrogens (tertiary/aromatic N) is 1. The average Bonchev–Trinajstić information content (AvgIpc) is 2.65. The molecular formula is C9H10N2O3S. The van der Waals surface area contributed by atoms with E-state index in [0.29, 0.717) is 5.71 Å². The lowest BCUT2D eigenvalue weighted by molar-refractivity contribution is -0.140. The largest absolute Gasteiger partial charge is 0.481 e. The Morgan fingerprint density at radius 3 is 2.87 bits per heavy atom. The van der Waals surface area contributed by atoms with Crippen LogP contribution in [-0.2, 0) is 9.59 Å². The third-order valence-electron chi connectivity index (χ3n) is 1.54. The van der Waals surface area contributed by atoms with Crippen LogP contribution in [0, 0.1) is 0 Å². The first-order valence-corrected chi connectivity index (χ1v) is 5.06. The Hall–Kier alpha value is -1.69. The average molecular weight is 226 g/mol. The highest BCUT2D eigenvalue weighted by Gasteiger charge is 2.06. The first kappa shape index (κ1) is 11.4. The molecule has 1 aromatic rings. The van der Waals surface area contributed by atoms with Gasteiger partial charge in [-0.3, -0.25) is 9.59 Å². The van der Waals surface area contributed by atoms with Gasteiger partial charge < -0.3 is 5.11 Å². The number of hydrazone groups is 1. The molecule has 6 heteroatoms. The van der Waals surface area contributed by atoms with Crippen molar-refractivity contribution in [3.05, 3.63) is 22.4 Å². The van der Waals surface area contributed by atoms with Gasteiger partial charge in [0.1, 0.15) is 6.42 Å². The second-order valence-electron chi connectivity index (χ2n) is 2.78. The maximum Gasteiger partial charge on any atom is 0.312 e. The smallest absolute Gasteiger partial charge is 0.312 e. The van der Waals surface area contributed by atoms with Crippen molar-refractivity contribution in [3.63, 3.8) is 0 Å². The van der Waals surface area contributed by atoms with E-state index in [9.17, 15) is 9.59 Å². The Morgan fingerprint density at radius 2 is 2.33 bits per heavy atom. The van der Waals surface area contributed by atoms with E-state index in [1.807, 2.05) is 17.5 Å². The first-order valence-electron chi connectivity index (χ1n) is 4.18. The van der Waals surface area contributed by atoms with Crippen molar-refractivity contribution in [2.45, 2.75) is 13.3 Å². The van der Waals surface area contributed by atoms with Crippen LogP contribution in [0.1, 0.15) is 18.2 Å². The van der Waals surface area contributed by atoms with E-state index in [2.05, 4.69) is 10.5 Å². The summed E-state index contributed by atoms with van der Waals surface area (Å²) in [6, 6.07) is 3.74. The SMILES string of the molecule is C/C(=N\NC(=O)CC(=O)O)c1cccs1. The lowest BCUT2D eigenvalue weighted by atomic mass is 10.3. The number of hydrogen-bond acceptors (Lipinski definition) is 4. The third kappa shape index (κ3) is 3.90. The van der Waals surface area contributed by atoms with Crippen molar-refractivity contribution >= 4 is 28.9 Å². The minimum absolute atomic E-state index is 0.568. The zero-order valence-corrected chi connectivity index (χ0v) is 8.87. The van der Waals surface area contributed by atoms with Gasteiger partial charge in [0, 0.05) is 4.88 Å². The molecule has 0 aliphatic heterocycles. The van der Waals surface area contributed by atoms with Gasteiger partial charge in [-0.25, -0.2) is 5.43 Å². The molecule has 0 saturated carbocycles. The van der Waals surface area contributed by atoms with Crippen LogP contribution in [0.2, 0.25) is 0 Å². The van der Waals surface area contributed by atoms with Gasteiger partial charge >= 0.3 is 5.97 Å². The van der Waals surface area contributed by atoms with E-state index in [-0.39, 0.29) is 0 Å². The molecule has 0 aliphatic carbocycles. The molecule has 0 fully saturated rings. The second kappa shape index (κ2) is 5.26. The molecule has 0 atom stereocenters. The molecule has 1 amide bonds. The maximum atomic E-state index is 10.9. The van der Waals surface area contributed by atoms with Crippen LogP contribution in [0.25, 0.3) is 0 Å². The van der Waals surface area contributed by atoms with Gasteiger partial charge in [0.2, 0.25) is 0 Å². The van der Waals surface area contributed by atoms with Crippen LogP contribution in [0.5, 0.6) is 0 Å². The number of aliphatic carboxylic acids is 1. The molecule has 5 nitrogen and oxygen atoms in total. The molecule has 0 aliphatic rings. The minimum Gasteiger partial charge on any atom is -0.481 e. The molecule has 0 spiro atoms. The molecule has 0 bridgehead atoms. The standard InChI is InChI=1S/C9H10N2O3S/c1-6(7-3-2-4-15-7)10-11-8(12)5-9(13)14/h2-4H,5H2,1H3,(H,11,12)(H,13,14)/b10-6+. The summed E-state index contributed by atoms with van der Waals surface area (Å²) in [7, 11) is 0. The highest BCUT2D eigenvalue weighted by Crippen LogP contribution is 2.09. The van der Waals surface area contributed by atoms with Crippen LogP contribution in [0.3, 0.4) is 0 Å². The predicted octanol–water partition coefficient (Wildman–Crippen LogP) is 1.06. The van der Waals surface area contributed by atoms with Gasteiger partial charge in [-0.15, -0.1) is 11.3 Å². The monoisotopic (exact) mass is 226 g/mol. The lowest BCUT2D eigenvalue weighted by Gasteiger charge is -1.98. The molecule has 15 heavy (non-hydrogen) atoms. The van der Waals surface area contributed by atoms with Crippen molar-refractivity contribution < 1.29 is 14.7 Å². The van der Waals surface area contributed by atoms with Crippen LogP contribution in [-0.4, -0.2) is 22.7 Å². The third-order valence-corrected chi connectivity index (χ3v) is 2.52. The topological polar surface area (TPSA) is 78.8 Å². The van der Waals surface area contributed by atoms with Gasteiger partial charge in [0.15, 0.2) is 0 Å². The van der Waals surface area contributed by atoms with E-state index in [1.165, 1.54) is 11.3 Å². The summed E-state index contributed by atoms with van der Waals surface area (Å²) in [6.07, 6.45) is -0.568. The Bertz CT molecular complexity index is 384.